The van der Waals surface area contributed by atoms with Gasteiger partial charge in [-0.15, -0.1) is 0 Å². The third kappa shape index (κ3) is 4.41. The molecule has 1 heterocycles. The van der Waals surface area contributed by atoms with E-state index in [1.165, 1.54) is 24.1 Å². The number of carbonyl (C=O) groups is 1. The number of hydrogen-bond donors (Lipinski definition) is 0. The van der Waals surface area contributed by atoms with Crippen LogP contribution >= 0.6 is 0 Å². The van der Waals surface area contributed by atoms with E-state index >= 15 is 0 Å². The summed E-state index contributed by atoms with van der Waals surface area (Å²) in [6, 6.07) is 13.3. The average Bonchev–Trinajstić information content (AvgIpc) is 2.71. The lowest BCUT2D eigenvalue weighted by molar-refractivity contribution is -0.189. The normalized spacial score (nSPS) is 14.7. The second-order valence-corrected chi connectivity index (χ2v) is 7.07. The van der Waals surface area contributed by atoms with Gasteiger partial charge >= 0.3 is 6.18 Å². The van der Waals surface area contributed by atoms with E-state index in [0.717, 1.165) is 12.5 Å². The van der Waals surface area contributed by atoms with E-state index in [1.807, 2.05) is 24.3 Å². The molecule has 1 amide bonds. The number of halogens is 3. The lowest BCUT2D eigenvalue weighted by Crippen LogP contribution is -2.48. The predicted molar refractivity (Wildman–Crippen MR) is 104 cm³/mol. The second-order valence-electron chi connectivity index (χ2n) is 7.07. The van der Waals surface area contributed by atoms with E-state index in [1.54, 1.807) is 12.1 Å². The smallest absolute Gasteiger partial charge is 0.425 e. The van der Waals surface area contributed by atoms with Crippen molar-refractivity contribution in [2.75, 3.05) is 20.2 Å². The van der Waals surface area contributed by atoms with Gasteiger partial charge in [0.2, 0.25) is 0 Å². The van der Waals surface area contributed by atoms with Gasteiger partial charge in [-0.25, -0.2) is 0 Å². The van der Waals surface area contributed by atoms with Crippen LogP contribution in [-0.4, -0.2) is 43.3 Å². The van der Waals surface area contributed by atoms with Crippen molar-refractivity contribution in [1.82, 2.24) is 4.90 Å². The van der Waals surface area contributed by atoms with Gasteiger partial charge in [0.1, 0.15) is 17.4 Å². The molecular formula is C22H18F3N3O3. The van der Waals surface area contributed by atoms with Crippen LogP contribution in [0.25, 0.3) is 0 Å². The molecule has 1 fully saturated rings. The first-order valence-corrected chi connectivity index (χ1v) is 9.33. The molecule has 1 aliphatic heterocycles. The first kappa shape index (κ1) is 22.0. The van der Waals surface area contributed by atoms with Crippen molar-refractivity contribution in [2.24, 2.45) is 0 Å². The minimum atomic E-state index is -4.63. The monoisotopic (exact) mass is 429 g/mol. The van der Waals surface area contributed by atoms with Gasteiger partial charge in [0, 0.05) is 19.0 Å². The molecule has 0 bridgehead atoms. The number of ether oxygens (including phenoxy) is 2. The fourth-order valence-corrected chi connectivity index (χ4v) is 3.27. The van der Waals surface area contributed by atoms with Crippen molar-refractivity contribution in [2.45, 2.75) is 25.1 Å². The number of likely N-dealkylation sites (tertiary alicyclic amines) is 1. The summed E-state index contributed by atoms with van der Waals surface area (Å²) in [4.78, 5) is 14.6. The van der Waals surface area contributed by atoms with Crippen LogP contribution in [0.1, 0.15) is 39.9 Å². The highest BCUT2D eigenvalue weighted by Gasteiger charge is 2.40. The van der Waals surface area contributed by atoms with E-state index < -0.39 is 18.2 Å². The second kappa shape index (κ2) is 8.57. The molecule has 2 aromatic carbocycles. The third-order valence-corrected chi connectivity index (χ3v) is 5.10. The Morgan fingerprint density at radius 3 is 2.29 bits per heavy atom. The summed E-state index contributed by atoms with van der Waals surface area (Å²) in [7, 11) is 1.24. The summed E-state index contributed by atoms with van der Waals surface area (Å²) in [5.41, 5.74) is 1.27. The number of rotatable bonds is 5. The van der Waals surface area contributed by atoms with Crippen molar-refractivity contribution in [3.8, 4) is 23.6 Å². The summed E-state index contributed by atoms with van der Waals surface area (Å²) < 4.78 is 49.2. The van der Waals surface area contributed by atoms with Gasteiger partial charge in [-0.1, -0.05) is 12.1 Å². The number of carbonyl (C=O) groups excluding carboxylic acids is 1. The Balaban J connectivity index is 1.87. The highest BCUT2D eigenvalue weighted by atomic mass is 19.4. The Labute approximate surface area is 177 Å². The van der Waals surface area contributed by atoms with Crippen LogP contribution in [0, 0.1) is 22.7 Å². The molecule has 0 radical (unpaired) electrons. The first-order chi connectivity index (χ1) is 14.7. The van der Waals surface area contributed by atoms with Crippen LogP contribution in [0.15, 0.2) is 36.4 Å². The van der Waals surface area contributed by atoms with Gasteiger partial charge in [-0.05, 0) is 36.8 Å². The van der Waals surface area contributed by atoms with Crippen molar-refractivity contribution in [3.63, 3.8) is 0 Å². The zero-order valence-electron chi connectivity index (χ0n) is 16.7. The van der Waals surface area contributed by atoms with E-state index in [0.29, 0.717) is 18.7 Å². The number of alkyl halides is 3. The van der Waals surface area contributed by atoms with Crippen LogP contribution in [-0.2, 0) is 0 Å². The minimum absolute atomic E-state index is 0.0158. The molecule has 0 aliphatic carbocycles. The van der Waals surface area contributed by atoms with Crippen LogP contribution in [0.3, 0.4) is 0 Å². The summed E-state index contributed by atoms with van der Waals surface area (Å²) in [5.74, 6) is -0.975. The third-order valence-electron chi connectivity index (χ3n) is 5.10. The fraction of sp³-hybridized carbons (Fsp3) is 0.318. The van der Waals surface area contributed by atoms with Gasteiger partial charge in [0.25, 0.3) is 5.91 Å². The standard InChI is InChI=1S/C22H18F3N3O3/c1-13(22(23,24)25)31-18-8-7-16(10-27)20(30-2)19(18)21(29)28-11-17(12-28)15-5-3-14(9-26)4-6-15/h3-8,13,17H,11-12H2,1-2H3/t13-/m0/s1. The van der Waals surface area contributed by atoms with Gasteiger partial charge in [-0.2, -0.15) is 23.7 Å². The first-order valence-electron chi connectivity index (χ1n) is 9.33. The maximum atomic E-state index is 13.1. The van der Waals surface area contributed by atoms with E-state index in [4.69, 9.17) is 14.7 Å². The van der Waals surface area contributed by atoms with Crippen molar-refractivity contribution in [1.29, 1.82) is 10.5 Å². The number of nitriles is 2. The Kier molecular flexibility index (Phi) is 6.07. The molecule has 1 atom stereocenters. The largest absolute Gasteiger partial charge is 0.494 e. The van der Waals surface area contributed by atoms with Crippen molar-refractivity contribution >= 4 is 5.91 Å². The molecule has 9 heteroatoms. The molecule has 2 aromatic rings. The summed E-state index contributed by atoms with van der Waals surface area (Å²) in [6.45, 7) is 1.50. The Morgan fingerprint density at radius 2 is 1.77 bits per heavy atom. The molecule has 0 saturated carbocycles. The predicted octanol–water partition coefficient (Wildman–Crippen LogP) is 4.01. The molecule has 0 spiro atoms. The zero-order chi connectivity index (χ0) is 22.8. The molecule has 6 nitrogen and oxygen atoms in total. The van der Waals surface area contributed by atoms with Crippen LogP contribution in [0.4, 0.5) is 13.2 Å². The lowest BCUT2D eigenvalue weighted by atomic mass is 9.90. The van der Waals surface area contributed by atoms with Gasteiger partial charge in [0.15, 0.2) is 11.9 Å². The molecule has 1 aliphatic rings. The highest BCUT2D eigenvalue weighted by Crippen LogP contribution is 2.38. The molecular weight excluding hydrogens is 411 g/mol. The van der Waals surface area contributed by atoms with E-state index in [2.05, 4.69) is 0 Å². The van der Waals surface area contributed by atoms with E-state index in [-0.39, 0.29) is 28.5 Å². The molecule has 3 rings (SSSR count). The average molecular weight is 429 g/mol. The van der Waals surface area contributed by atoms with Gasteiger partial charge < -0.3 is 14.4 Å². The Hall–Kier alpha value is -3.72. The van der Waals surface area contributed by atoms with Crippen molar-refractivity contribution in [3.05, 3.63) is 58.7 Å². The van der Waals surface area contributed by atoms with Crippen LogP contribution < -0.4 is 9.47 Å². The molecule has 0 N–H and O–H groups in total. The maximum Gasteiger partial charge on any atom is 0.425 e. The number of benzene rings is 2. The highest BCUT2D eigenvalue weighted by molar-refractivity contribution is 6.01. The number of hydrogen-bond acceptors (Lipinski definition) is 5. The summed E-state index contributed by atoms with van der Waals surface area (Å²) in [6.07, 6.45) is -6.78. The fourth-order valence-electron chi connectivity index (χ4n) is 3.27. The lowest BCUT2D eigenvalue weighted by Gasteiger charge is -2.40. The van der Waals surface area contributed by atoms with Crippen molar-refractivity contribution < 1.29 is 27.4 Å². The SMILES string of the molecule is COc1c(C#N)ccc(O[C@@H](C)C(F)(F)F)c1C(=O)N1CC(c2ccc(C#N)cc2)C1. The molecule has 160 valence electrons. The molecule has 0 unspecified atom stereocenters. The van der Waals surface area contributed by atoms with Crippen LogP contribution in [0.2, 0.25) is 0 Å². The van der Waals surface area contributed by atoms with Gasteiger partial charge in [0.05, 0.1) is 24.3 Å². The quantitative estimate of drug-likeness (QED) is 0.717. The molecule has 0 aromatic heterocycles. The van der Waals surface area contributed by atoms with E-state index in [9.17, 15) is 23.2 Å². The molecule has 31 heavy (non-hydrogen) atoms. The Morgan fingerprint density at radius 1 is 1.13 bits per heavy atom. The number of amides is 1. The zero-order valence-corrected chi connectivity index (χ0v) is 16.7. The number of methoxy groups -OCH3 is 1. The van der Waals surface area contributed by atoms with Gasteiger partial charge in [-0.3, -0.25) is 4.79 Å². The topological polar surface area (TPSA) is 86.3 Å². The van der Waals surface area contributed by atoms with Crippen LogP contribution in [0.5, 0.6) is 11.5 Å². The maximum absolute atomic E-state index is 13.1. The molecule has 1 saturated heterocycles. The number of nitrogens with zero attached hydrogens (tertiary/aromatic N) is 3. The summed E-state index contributed by atoms with van der Waals surface area (Å²) in [5, 5.41) is 18.2. The summed E-state index contributed by atoms with van der Waals surface area (Å²) >= 11 is 0. The minimum Gasteiger partial charge on any atom is -0.494 e. The Bertz CT molecular complexity index is 1060.